The maximum Gasteiger partial charge on any atom is 0.237 e. The standard InChI is InChI=1S/C6H14N2OS/c1-3-8-6(9)5(4-10)7-2/h5,7,10H,3-4H2,1-2H3,(H,8,9)/t5-/m0/s1. The summed E-state index contributed by atoms with van der Waals surface area (Å²) >= 11 is 4.00. The van der Waals surface area contributed by atoms with Gasteiger partial charge in [-0.05, 0) is 14.0 Å². The highest BCUT2D eigenvalue weighted by molar-refractivity contribution is 7.80. The summed E-state index contributed by atoms with van der Waals surface area (Å²) < 4.78 is 0. The zero-order valence-electron chi connectivity index (χ0n) is 6.35. The van der Waals surface area contributed by atoms with Crippen LogP contribution in [0.5, 0.6) is 0 Å². The molecule has 0 bridgehead atoms. The van der Waals surface area contributed by atoms with E-state index in [2.05, 4.69) is 23.3 Å². The Morgan fingerprint density at radius 1 is 1.70 bits per heavy atom. The molecule has 0 saturated heterocycles. The molecule has 0 radical (unpaired) electrons. The van der Waals surface area contributed by atoms with E-state index in [1.807, 2.05) is 6.92 Å². The van der Waals surface area contributed by atoms with Gasteiger partial charge in [0.2, 0.25) is 5.91 Å². The van der Waals surface area contributed by atoms with Crippen LogP contribution in [0.3, 0.4) is 0 Å². The Hall–Kier alpha value is -0.220. The lowest BCUT2D eigenvalue weighted by Gasteiger charge is -2.11. The van der Waals surface area contributed by atoms with Gasteiger partial charge in [-0.1, -0.05) is 0 Å². The molecule has 0 heterocycles. The first-order chi connectivity index (χ1) is 4.76. The summed E-state index contributed by atoms with van der Waals surface area (Å²) in [4.78, 5) is 11.0. The van der Waals surface area contributed by atoms with Crippen LogP contribution in [0.15, 0.2) is 0 Å². The summed E-state index contributed by atoms with van der Waals surface area (Å²) in [5, 5.41) is 5.54. The van der Waals surface area contributed by atoms with Crippen molar-refractivity contribution in [2.75, 3.05) is 19.3 Å². The predicted molar refractivity (Wildman–Crippen MR) is 45.4 cm³/mol. The molecule has 0 unspecified atom stereocenters. The molecule has 60 valence electrons. The predicted octanol–water partition coefficient (Wildman–Crippen LogP) is -0.360. The van der Waals surface area contributed by atoms with Gasteiger partial charge in [-0.15, -0.1) is 0 Å². The van der Waals surface area contributed by atoms with Crippen molar-refractivity contribution in [3.63, 3.8) is 0 Å². The van der Waals surface area contributed by atoms with E-state index >= 15 is 0 Å². The largest absolute Gasteiger partial charge is 0.355 e. The van der Waals surface area contributed by atoms with E-state index < -0.39 is 0 Å². The van der Waals surface area contributed by atoms with E-state index in [-0.39, 0.29) is 11.9 Å². The van der Waals surface area contributed by atoms with E-state index in [1.54, 1.807) is 7.05 Å². The second kappa shape index (κ2) is 5.56. The zero-order chi connectivity index (χ0) is 7.98. The molecule has 1 atom stereocenters. The minimum absolute atomic E-state index is 0.0139. The normalized spacial score (nSPS) is 12.7. The fraction of sp³-hybridized carbons (Fsp3) is 0.833. The molecule has 0 aromatic heterocycles. The summed E-state index contributed by atoms with van der Waals surface area (Å²) in [5.41, 5.74) is 0. The van der Waals surface area contributed by atoms with Crippen LogP contribution in [0.4, 0.5) is 0 Å². The molecule has 0 saturated carbocycles. The lowest BCUT2D eigenvalue weighted by molar-refractivity contribution is -0.122. The summed E-state index contributed by atoms with van der Waals surface area (Å²) in [7, 11) is 1.75. The van der Waals surface area contributed by atoms with Crippen LogP contribution in [0.1, 0.15) is 6.92 Å². The Labute approximate surface area is 67.0 Å². The second-order valence-corrected chi connectivity index (χ2v) is 2.28. The molecule has 0 spiro atoms. The first-order valence-corrected chi connectivity index (χ1v) is 3.95. The van der Waals surface area contributed by atoms with E-state index in [4.69, 9.17) is 0 Å². The summed E-state index contributed by atoms with van der Waals surface area (Å²) in [5.74, 6) is 0.544. The third kappa shape index (κ3) is 3.08. The highest BCUT2D eigenvalue weighted by Crippen LogP contribution is 1.85. The molecule has 0 aromatic rings. The molecule has 3 nitrogen and oxygen atoms in total. The SMILES string of the molecule is CCNC(=O)[C@H](CS)NC. The molecule has 0 rings (SSSR count). The van der Waals surface area contributed by atoms with Gasteiger partial charge in [0, 0.05) is 12.3 Å². The monoisotopic (exact) mass is 162 g/mol. The van der Waals surface area contributed by atoms with Crippen LogP contribution >= 0.6 is 12.6 Å². The Morgan fingerprint density at radius 2 is 2.30 bits per heavy atom. The van der Waals surface area contributed by atoms with Crippen molar-refractivity contribution in [3.8, 4) is 0 Å². The van der Waals surface area contributed by atoms with E-state index in [1.165, 1.54) is 0 Å². The summed E-state index contributed by atoms with van der Waals surface area (Å²) in [6.07, 6.45) is 0. The maximum atomic E-state index is 11.0. The van der Waals surface area contributed by atoms with Crippen LogP contribution in [0.2, 0.25) is 0 Å². The van der Waals surface area contributed by atoms with E-state index in [9.17, 15) is 4.79 Å². The molecule has 2 N–H and O–H groups in total. The van der Waals surface area contributed by atoms with E-state index in [0.717, 1.165) is 0 Å². The average molecular weight is 162 g/mol. The number of hydrogen-bond donors (Lipinski definition) is 3. The van der Waals surface area contributed by atoms with Crippen LogP contribution in [0, 0.1) is 0 Å². The minimum Gasteiger partial charge on any atom is -0.355 e. The lowest BCUT2D eigenvalue weighted by Crippen LogP contribution is -2.43. The Kier molecular flexibility index (Phi) is 5.43. The van der Waals surface area contributed by atoms with Crippen LogP contribution < -0.4 is 10.6 Å². The Bertz CT molecular complexity index is 104. The zero-order valence-corrected chi connectivity index (χ0v) is 7.24. The average Bonchev–Trinajstić information content (AvgIpc) is 1.91. The van der Waals surface area contributed by atoms with Crippen LogP contribution in [0.25, 0.3) is 0 Å². The number of amides is 1. The number of rotatable bonds is 4. The first-order valence-electron chi connectivity index (χ1n) is 3.32. The van der Waals surface area contributed by atoms with E-state index in [0.29, 0.717) is 12.3 Å². The molecule has 0 aliphatic carbocycles. The van der Waals surface area contributed by atoms with Gasteiger partial charge >= 0.3 is 0 Å². The van der Waals surface area contributed by atoms with Crippen LogP contribution in [-0.4, -0.2) is 31.3 Å². The van der Waals surface area contributed by atoms with Gasteiger partial charge in [0.15, 0.2) is 0 Å². The maximum absolute atomic E-state index is 11.0. The fourth-order valence-electron chi connectivity index (χ4n) is 0.603. The van der Waals surface area contributed by atoms with Crippen molar-refractivity contribution in [2.45, 2.75) is 13.0 Å². The smallest absolute Gasteiger partial charge is 0.237 e. The highest BCUT2D eigenvalue weighted by Gasteiger charge is 2.11. The van der Waals surface area contributed by atoms with Crippen LogP contribution in [-0.2, 0) is 4.79 Å². The molecule has 0 aliphatic rings. The summed E-state index contributed by atoms with van der Waals surface area (Å²) in [6, 6.07) is -0.164. The van der Waals surface area contributed by atoms with Crippen molar-refractivity contribution in [1.29, 1.82) is 0 Å². The van der Waals surface area contributed by atoms with Crippen molar-refractivity contribution in [1.82, 2.24) is 10.6 Å². The lowest BCUT2D eigenvalue weighted by atomic mass is 10.3. The molecule has 0 aliphatic heterocycles. The quantitative estimate of drug-likeness (QED) is 0.494. The first kappa shape index (κ1) is 9.78. The Morgan fingerprint density at radius 3 is 2.60 bits per heavy atom. The van der Waals surface area contributed by atoms with Gasteiger partial charge < -0.3 is 10.6 Å². The van der Waals surface area contributed by atoms with Gasteiger partial charge in [0.1, 0.15) is 0 Å². The molecule has 10 heavy (non-hydrogen) atoms. The number of nitrogens with one attached hydrogen (secondary N) is 2. The third-order valence-electron chi connectivity index (χ3n) is 1.20. The van der Waals surface area contributed by atoms with Crippen molar-refractivity contribution in [3.05, 3.63) is 0 Å². The number of carbonyl (C=O) groups is 1. The number of carbonyl (C=O) groups excluding carboxylic acids is 1. The molecule has 0 aromatic carbocycles. The molecular formula is C6H14N2OS. The fourth-order valence-corrected chi connectivity index (χ4v) is 0.951. The highest BCUT2D eigenvalue weighted by atomic mass is 32.1. The summed E-state index contributed by atoms with van der Waals surface area (Å²) in [6.45, 7) is 2.56. The van der Waals surface area contributed by atoms with Gasteiger partial charge in [-0.25, -0.2) is 0 Å². The topological polar surface area (TPSA) is 41.1 Å². The number of likely N-dealkylation sites (N-methyl/N-ethyl adjacent to an activating group) is 2. The Balaban J connectivity index is 3.65. The number of hydrogen-bond acceptors (Lipinski definition) is 3. The molecule has 1 amide bonds. The molecule has 4 heteroatoms. The number of thiol groups is 1. The third-order valence-corrected chi connectivity index (χ3v) is 1.56. The molecule has 0 fully saturated rings. The van der Waals surface area contributed by atoms with Crippen molar-refractivity contribution < 1.29 is 4.79 Å². The van der Waals surface area contributed by atoms with Crippen molar-refractivity contribution in [2.24, 2.45) is 0 Å². The minimum atomic E-state index is -0.164. The van der Waals surface area contributed by atoms with Gasteiger partial charge in [0.05, 0.1) is 6.04 Å². The van der Waals surface area contributed by atoms with Gasteiger partial charge in [-0.3, -0.25) is 4.79 Å². The second-order valence-electron chi connectivity index (χ2n) is 1.92. The van der Waals surface area contributed by atoms with Gasteiger partial charge in [0.25, 0.3) is 0 Å². The van der Waals surface area contributed by atoms with Crippen molar-refractivity contribution >= 4 is 18.5 Å². The van der Waals surface area contributed by atoms with Gasteiger partial charge in [-0.2, -0.15) is 12.6 Å². The molecular weight excluding hydrogens is 148 g/mol.